The molecule has 2 nitrogen and oxygen atoms in total. The molecule has 1 aromatic carbocycles. The van der Waals surface area contributed by atoms with Crippen molar-refractivity contribution in [2.45, 2.75) is 25.3 Å². The quantitative estimate of drug-likeness (QED) is 0.601. The number of halogens is 1. The van der Waals surface area contributed by atoms with E-state index in [9.17, 15) is 0 Å². The summed E-state index contributed by atoms with van der Waals surface area (Å²) in [7, 11) is 4.02. The Kier molecular flexibility index (Phi) is 3.64. The molecule has 0 aliphatic heterocycles. The summed E-state index contributed by atoms with van der Waals surface area (Å²) in [4.78, 5) is 6.59. The van der Waals surface area contributed by atoms with E-state index in [-0.39, 0.29) is 0 Å². The molecular weight excluding hydrogens is 264 g/mol. The standard InChI is InChI=1S/C13H17BrN2/c1-16(2)9-15-11-6-7-12-10(8-11)4-3-5-13(12)14/h3-5,9,11H,6-8H2,1-2H3. The highest BCUT2D eigenvalue weighted by atomic mass is 79.9. The van der Waals surface area contributed by atoms with Crippen LogP contribution in [0.1, 0.15) is 17.5 Å². The summed E-state index contributed by atoms with van der Waals surface area (Å²) in [6.07, 6.45) is 5.28. The fourth-order valence-corrected chi connectivity index (χ4v) is 2.70. The highest BCUT2D eigenvalue weighted by molar-refractivity contribution is 9.10. The van der Waals surface area contributed by atoms with E-state index in [2.05, 4.69) is 39.1 Å². The van der Waals surface area contributed by atoms with Crippen molar-refractivity contribution in [2.75, 3.05) is 14.1 Å². The van der Waals surface area contributed by atoms with Crippen LogP contribution in [0.25, 0.3) is 0 Å². The number of hydrogen-bond acceptors (Lipinski definition) is 1. The van der Waals surface area contributed by atoms with Gasteiger partial charge in [0, 0.05) is 18.6 Å². The SMILES string of the molecule is CN(C)C=NC1CCc2c(Br)cccc2C1. The van der Waals surface area contributed by atoms with E-state index in [1.54, 1.807) is 0 Å². The smallest absolute Gasteiger partial charge is 0.0848 e. The van der Waals surface area contributed by atoms with Crippen LogP contribution in [0, 0.1) is 0 Å². The second-order valence-electron chi connectivity index (χ2n) is 4.50. The van der Waals surface area contributed by atoms with Gasteiger partial charge in [0.25, 0.3) is 0 Å². The maximum absolute atomic E-state index is 4.60. The summed E-state index contributed by atoms with van der Waals surface area (Å²) in [6.45, 7) is 0. The summed E-state index contributed by atoms with van der Waals surface area (Å²) in [6, 6.07) is 6.91. The van der Waals surface area contributed by atoms with Crippen LogP contribution in [0.5, 0.6) is 0 Å². The van der Waals surface area contributed by atoms with Crippen molar-refractivity contribution < 1.29 is 0 Å². The molecule has 0 amide bonds. The monoisotopic (exact) mass is 280 g/mol. The van der Waals surface area contributed by atoms with Gasteiger partial charge in [-0.2, -0.15) is 0 Å². The molecule has 0 heterocycles. The van der Waals surface area contributed by atoms with E-state index in [0.29, 0.717) is 6.04 Å². The Bertz CT molecular complexity index is 399. The average molecular weight is 281 g/mol. The Morgan fingerprint density at radius 3 is 3.00 bits per heavy atom. The Hall–Kier alpha value is -0.830. The fourth-order valence-electron chi connectivity index (χ4n) is 2.10. The minimum Gasteiger partial charge on any atom is -0.369 e. The lowest BCUT2D eigenvalue weighted by atomic mass is 9.89. The number of benzene rings is 1. The minimum atomic E-state index is 0.448. The molecule has 0 fully saturated rings. The summed E-state index contributed by atoms with van der Waals surface area (Å²) >= 11 is 3.62. The molecule has 16 heavy (non-hydrogen) atoms. The van der Waals surface area contributed by atoms with Crippen LogP contribution in [-0.2, 0) is 12.8 Å². The lowest BCUT2D eigenvalue weighted by molar-refractivity contribution is 0.561. The van der Waals surface area contributed by atoms with Crippen LogP contribution in [0.4, 0.5) is 0 Å². The van der Waals surface area contributed by atoms with Gasteiger partial charge in [-0.25, -0.2) is 0 Å². The average Bonchev–Trinajstić information content (AvgIpc) is 2.26. The zero-order chi connectivity index (χ0) is 11.5. The summed E-state index contributed by atoms with van der Waals surface area (Å²) < 4.78 is 1.25. The molecule has 0 N–H and O–H groups in total. The molecule has 2 rings (SSSR count). The van der Waals surface area contributed by atoms with E-state index in [4.69, 9.17) is 0 Å². The van der Waals surface area contributed by atoms with Gasteiger partial charge in [0.2, 0.25) is 0 Å². The largest absolute Gasteiger partial charge is 0.369 e. The molecule has 0 aromatic heterocycles. The molecule has 1 aliphatic carbocycles. The molecule has 3 heteroatoms. The van der Waals surface area contributed by atoms with Gasteiger partial charge in [0.05, 0.1) is 12.4 Å². The molecule has 0 spiro atoms. The molecule has 1 atom stereocenters. The first-order valence-electron chi connectivity index (χ1n) is 5.63. The Balaban J connectivity index is 2.12. The van der Waals surface area contributed by atoms with Crippen molar-refractivity contribution in [3.63, 3.8) is 0 Å². The van der Waals surface area contributed by atoms with Gasteiger partial charge in [-0.15, -0.1) is 0 Å². The van der Waals surface area contributed by atoms with Crippen molar-refractivity contribution >= 4 is 22.3 Å². The van der Waals surface area contributed by atoms with Crippen LogP contribution in [-0.4, -0.2) is 31.4 Å². The van der Waals surface area contributed by atoms with Gasteiger partial charge in [-0.3, -0.25) is 4.99 Å². The number of hydrogen-bond donors (Lipinski definition) is 0. The van der Waals surface area contributed by atoms with Crippen molar-refractivity contribution in [3.8, 4) is 0 Å². The summed E-state index contributed by atoms with van der Waals surface area (Å²) in [5, 5.41) is 0. The third kappa shape index (κ3) is 2.64. The lowest BCUT2D eigenvalue weighted by Gasteiger charge is -2.22. The predicted octanol–water partition coefficient (Wildman–Crippen LogP) is 2.90. The van der Waals surface area contributed by atoms with Crippen LogP contribution in [0.2, 0.25) is 0 Å². The third-order valence-electron chi connectivity index (χ3n) is 2.91. The van der Waals surface area contributed by atoms with Crippen LogP contribution in [0.15, 0.2) is 27.7 Å². The molecule has 0 bridgehead atoms. The van der Waals surface area contributed by atoms with Gasteiger partial charge in [-0.05, 0) is 36.5 Å². The van der Waals surface area contributed by atoms with E-state index in [1.165, 1.54) is 15.6 Å². The maximum Gasteiger partial charge on any atom is 0.0848 e. The van der Waals surface area contributed by atoms with E-state index >= 15 is 0 Å². The second-order valence-corrected chi connectivity index (χ2v) is 5.36. The van der Waals surface area contributed by atoms with Gasteiger partial charge >= 0.3 is 0 Å². The third-order valence-corrected chi connectivity index (χ3v) is 3.65. The van der Waals surface area contributed by atoms with Gasteiger partial charge < -0.3 is 4.90 Å². The summed E-state index contributed by atoms with van der Waals surface area (Å²) in [5.41, 5.74) is 2.92. The van der Waals surface area contributed by atoms with Gasteiger partial charge in [-0.1, -0.05) is 28.1 Å². The van der Waals surface area contributed by atoms with Crippen molar-refractivity contribution in [1.82, 2.24) is 4.90 Å². The number of nitrogens with zero attached hydrogens (tertiary/aromatic N) is 2. The minimum absolute atomic E-state index is 0.448. The molecule has 0 saturated heterocycles. The second kappa shape index (κ2) is 5.00. The first kappa shape index (κ1) is 11.6. The highest BCUT2D eigenvalue weighted by Crippen LogP contribution is 2.29. The zero-order valence-corrected chi connectivity index (χ0v) is 11.4. The number of rotatable bonds is 2. The van der Waals surface area contributed by atoms with E-state index in [1.807, 2.05) is 25.3 Å². The van der Waals surface area contributed by atoms with Crippen LogP contribution >= 0.6 is 15.9 Å². The van der Waals surface area contributed by atoms with Crippen LogP contribution in [0.3, 0.4) is 0 Å². The zero-order valence-electron chi connectivity index (χ0n) is 9.78. The predicted molar refractivity (Wildman–Crippen MR) is 72.1 cm³/mol. The molecule has 86 valence electrons. The Labute approximate surface area is 106 Å². The first-order chi connectivity index (χ1) is 7.66. The van der Waals surface area contributed by atoms with E-state index < -0.39 is 0 Å². The van der Waals surface area contributed by atoms with E-state index in [0.717, 1.165) is 19.3 Å². The number of fused-ring (bicyclic) bond motifs is 1. The molecule has 1 unspecified atom stereocenters. The molecular formula is C13H17BrN2. The summed E-state index contributed by atoms with van der Waals surface area (Å²) in [5.74, 6) is 0. The highest BCUT2D eigenvalue weighted by Gasteiger charge is 2.18. The maximum atomic E-state index is 4.60. The molecule has 1 aromatic rings. The van der Waals surface area contributed by atoms with Crippen molar-refractivity contribution in [3.05, 3.63) is 33.8 Å². The molecule has 0 saturated carbocycles. The van der Waals surface area contributed by atoms with Crippen LogP contribution < -0.4 is 0 Å². The Morgan fingerprint density at radius 1 is 1.44 bits per heavy atom. The van der Waals surface area contributed by atoms with Crippen molar-refractivity contribution in [1.29, 1.82) is 0 Å². The normalized spacial score (nSPS) is 19.8. The Morgan fingerprint density at radius 2 is 2.25 bits per heavy atom. The molecule has 1 aliphatic rings. The topological polar surface area (TPSA) is 15.6 Å². The van der Waals surface area contributed by atoms with Gasteiger partial charge in [0.1, 0.15) is 0 Å². The molecule has 0 radical (unpaired) electrons. The number of aliphatic imine (C=N–C) groups is 1. The van der Waals surface area contributed by atoms with Gasteiger partial charge in [0.15, 0.2) is 0 Å². The van der Waals surface area contributed by atoms with Crippen molar-refractivity contribution in [2.24, 2.45) is 4.99 Å². The lowest BCUT2D eigenvalue weighted by Crippen LogP contribution is -2.20. The first-order valence-corrected chi connectivity index (χ1v) is 6.42. The fraction of sp³-hybridized carbons (Fsp3) is 0.462.